The van der Waals surface area contributed by atoms with Crippen LogP contribution < -0.4 is 17.2 Å². The zero-order valence-corrected chi connectivity index (χ0v) is 12.1. The lowest BCUT2D eigenvalue weighted by atomic mass is 10.1. The van der Waals surface area contributed by atoms with E-state index < -0.39 is 48.7 Å². The molecule has 0 radical (unpaired) electrons. The molecular weight excluding hydrogens is 318 g/mol. The van der Waals surface area contributed by atoms with Crippen LogP contribution in [0.2, 0.25) is 0 Å². The summed E-state index contributed by atoms with van der Waals surface area (Å²) in [5.74, 6) is -5.04. The van der Waals surface area contributed by atoms with E-state index in [4.69, 9.17) is 16.2 Å². The summed E-state index contributed by atoms with van der Waals surface area (Å²) in [5, 5.41) is 9.61. The van der Waals surface area contributed by atoms with E-state index in [0.717, 1.165) is 12.3 Å². The Balaban J connectivity index is 2.42. The number of nitrogen functional groups attached to an aromatic ring is 1. The molecule has 1 aromatic heterocycles. The van der Waals surface area contributed by atoms with Crippen molar-refractivity contribution >= 4 is 11.8 Å². The van der Waals surface area contributed by atoms with Crippen LogP contribution in [0.1, 0.15) is 13.2 Å². The second-order valence-corrected chi connectivity index (χ2v) is 5.03. The van der Waals surface area contributed by atoms with Crippen LogP contribution in [0.3, 0.4) is 0 Å². The molecule has 1 aromatic rings. The Morgan fingerprint density at radius 3 is 2.83 bits per heavy atom. The second kappa shape index (κ2) is 6.18. The summed E-state index contributed by atoms with van der Waals surface area (Å²) in [6.45, 7) is 0.573. The van der Waals surface area contributed by atoms with Gasteiger partial charge in [0.1, 0.15) is 11.9 Å². The molecule has 9 nitrogen and oxygen atoms in total. The number of nitrogens with zero attached hydrogens (tertiary/aromatic N) is 2. The molecule has 1 aliphatic heterocycles. The van der Waals surface area contributed by atoms with Crippen molar-refractivity contribution in [3.05, 3.63) is 22.7 Å². The summed E-state index contributed by atoms with van der Waals surface area (Å²) in [4.78, 5) is 26.3. The van der Waals surface area contributed by atoms with Crippen molar-refractivity contribution < 1.29 is 28.2 Å². The maximum absolute atomic E-state index is 14.6. The maximum Gasteiger partial charge on any atom is 0.351 e. The van der Waals surface area contributed by atoms with Crippen LogP contribution >= 0.6 is 0 Å². The smallest absolute Gasteiger partial charge is 0.351 e. The third kappa shape index (κ3) is 3.16. The Morgan fingerprint density at radius 2 is 2.30 bits per heavy atom. The molecule has 4 atom stereocenters. The van der Waals surface area contributed by atoms with Crippen LogP contribution in [0.5, 0.6) is 0 Å². The van der Waals surface area contributed by atoms with Crippen molar-refractivity contribution in [1.82, 2.24) is 9.55 Å². The molecule has 0 saturated carbocycles. The fourth-order valence-electron chi connectivity index (χ4n) is 2.23. The normalized spacial score (nSPS) is 27.6. The summed E-state index contributed by atoms with van der Waals surface area (Å²) in [5.41, 5.74) is 9.28. The van der Waals surface area contributed by atoms with Gasteiger partial charge < -0.3 is 26.0 Å². The van der Waals surface area contributed by atoms with Gasteiger partial charge >= 0.3 is 17.6 Å². The van der Waals surface area contributed by atoms with E-state index in [9.17, 15) is 23.5 Å². The monoisotopic (exact) mass is 334 g/mol. The highest BCUT2D eigenvalue weighted by molar-refractivity contribution is 5.71. The molecule has 23 heavy (non-hydrogen) atoms. The van der Waals surface area contributed by atoms with Gasteiger partial charge in [0, 0.05) is 6.20 Å². The predicted octanol–water partition coefficient (Wildman–Crippen LogP) is -1.39. The number of carbonyl (C=O) groups is 1. The first-order valence-electron chi connectivity index (χ1n) is 6.64. The predicted molar refractivity (Wildman–Crippen MR) is 72.4 cm³/mol. The van der Waals surface area contributed by atoms with E-state index in [1.54, 1.807) is 0 Å². The number of nitrogens with two attached hydrogens (primary N) is 2. The summed E-state index contributed by atoms with van der Waals surface area (Å²) < 4.78 is 39.3. The first-order valence-corrected chi connectivity index (χ1v) is 6.64. The number of alkyl halides is 2. The number of rotatable bonds is 4. The first-order chi connectivity index (χ1) is 10.7. The lowest BCUT2D eigenvalue weighted by Crippen LogP contribution is -2.46. The average Bonchev–Trinajstić information content (AvgIpc) is 2.71. The number of ether oxygens (including phenoxy) is 2. The van der Waals surface area contributed by atoms with Crippen molar-refractivity contribution in [2.45, 2.75) is 37.4 Å². The van der Waals surface area contributed by atoms with Gasteiger partial charge in [-0.3, -0.25) is 9.36 Å². The minimum absolute atomic E-state index is 0.147. The number of hydrogen-bond acceptors (Lipinski definition) is 8. The third-order valence-corrected chi connectivity index (χ3v) is 3.30. The van der Waals surface area contributed by atoms with Crippen LogP contribution in [-0.4, -0.2) is 51.4 Å². The van der Waals surface area contributed by atoms with Gasteiger partial charge in [-0.2, -0.15) is 13.8 Å². The molecule has 2 rings (SSSR count). The molecule has 2 heterocycles. The highest BCUT2D eigenvalue weighted by Gasteiger charge is 2.63. The van der Waals surface area contributed by atoms with Gasteiger partial charge in [0.15, 0.2) is 6.10 Å². The van der Waals surface area contributed by atoms with Gasteiger partial charge in [0.2, 0.25) is 6.23 Å². The van der Waals surface area contributed by atoms with Gasteiger partial charge in [-0.15, -0.1) is 0 Å². The lowest BCUT2D eigenvalue weighted by molar-refractivity contribution is -0.175. The number of esters is 1. The molecule has 0 aliphatic carbocycles. The number of carbonyl (C=O) groups excluding carboxylic acids is 1. The van der Waals surface area contributed by atoms with Gasteiger partial charge in [0.05, 0.1) is 12.6 Å². The quantitative estimate of drug-likeness (QED) is 0.571. The van der Waals surface area contributed by atoms with Crippen molar-refractivity contribution in [3.63, 3.8) is 0 Å². The third-order valence-electron chi connectivity index (χ3n) is 3.30. The van der Waals surface area contributed by atoms with Gasteiger partial charge in [-0.25, -0.2) is 4.79 Å². The topological polar surface area (TPSA) is 143 Å². The van der Waals surface area contributed by atoms with Crippen LogP contribution in [0.25, 0.3) is 0 Å². The van der Waals surface area contributed by atoms with Crippen LogP contribution in [0.15, 0.2) is 17.1 Å². The van der Waals surface area contributed by atoms with Gasteiger partial charge in [-0.05, 0) is 13.0 Å². The minimum atomic E-state index is -3.80. The minimum Gasteiger partial charge on any atom is -0.452 e. The zero-order chi connectivity index (χ0) is 17.4. The second-order valence-electron chi connectivity index (χ2n) is 5.03. The van der Waals surface area contributed by atoms with Crippen LogP contribution in [0, 0.1) is 0 Å². The molecule has 5 N–H and O–H groups in total. The summed E-state index contributed by atoms with van der Waals surface area (Å²) >= 11 is 0. The standard InChI is InChI=1S/C12H16F2N4O5/c1-5(19)8-9(22-7(20)4-15)12(13,14)10(23-8)18-3-2-6(16)17-11(18)21/h2-3,5,8-10,19H,4,15H2,1H3,(H2,16,17,21)/t5?,8?,9-,10?/m1/s1. The molecule has 0 aromatic carbocycles. The van der Waals surface area contributed by atoms with Crippen molar-refractivity contribution in [1.29, 1.82) is 0 Å². The Morgan fingerprint density at radius 1 is 1.65 bits per heavy atom. The number of aliphatic hydroxyl groups excluding tert-OH is 1. The van der Waals surface area contributed by atoms with E-state index in [2.05, 4.69) is 9.72 Å². The Bertz CT molecular complexity index is 651. The molecule has 128 valence electrons. The van der Waals surface area contributed by atoms with E-state index in [0.29, 0.717) is 4.57 Å². The number of hydrogen-bond donors (Lipinski definition) is 3. The summed E-state index contributed by atoms with van der Waals surface area (Å²) in [7, 11) is 0. The van der Waals surface area contributed by atoms with E-state index >= 15 is 0 Å². The average molecular weight is 334 g/mol. The number of halogens is 2. The van der Waals surface area contributed by atoms with E-state index in [1.807, 2.05) is 0 Å². The molecule has 11 heteroatoms. The largest absolute Gasteiger partial charge is 0.452 e. The SMILES string of the molecule is CC(O)C1OC(n2ccc(N)nc2=O)C(F)(F)[C@@H]1OC(=O)CN. The van der Waals surface area contributed by atoms with Crippen molar-refractivity contribution in [2.24, 2.45) is 5.73 Å². The van der Waals surface area contributed by atoms with Crippen molar-refractivity contribution in [2.75, 3.05) is 12.3 Å². The van der Waals surface area contributed by atoms with E-state index in [1.165, 1.54) is 6.92 Å². The van der Waals surface area contributed by atoms with Crippen LogP contribution in [0.4, 0.5) is 14.6 Å². The number of aromatic nitrogens is 2. The highest BCUT2D eigenvalue weighted by Crippen LogP contribution is 2.44. The molecule has 1 saturated heterocycles. The first kappa shape index (κ1) is 17.2. The number of aliphatic hydroxyl groups is 1. The fraction of sp³-hybridized carbons (Fsp3) is 0.583. The Kier molecular flexibility index (Phi) is 4.63. The Hall–Kier alpha value is -2.11. The molecule has 1 aliphatic rings. The molecule has 0 amide bonds. The zero-order valence-electron chi connectivity index (χ0n) is 12.1. The molecule has 3 unspecified atom stereocenters. The maximum atomic E-state index is 14.6. The highest BCUT2D eigenvalue weighted by atomic mass is 19.3. The van der Waals surface area contributed by atoms with Gasteiger partial charge in [-0.1, -0.05) is 0 Å². The number of anilines is 1. The van der Waals surface area contributed by atoms with Crippen molar-refractivity contribution in [3.8, 4) is 0 Å². The lowest BCUT2D eigenvalue weighted by Gasteiger charge is -2.24. The van der Waals surface area contributed by atoms with E-state index in [-0.39, 0.29) is 5.82 Å². The summed E-state index contributed by atoms with van der Waals surface area (Å²) in [6, 6.07) is 1.14. The summed E-state index contributed by atoms with van der Waals surface area (Å²) in [6.07, 6.45) is -6.17. The molecule has 0 bridgehead atoms. The Labute approximate surface area is 128 Å². The molecule has 0 spiro atoms. The molecule has 1 fully saturated rings. The molecular formula is C12H16F2N4O5. The van der Waals surface area contributed by atoms with Gasteiger partial charge in [0.25, 0.3) is 0 Å². The van der Waals surface area contributed by atoms with Crippen LogP contribution in [-0.2, 0) is 14.3 Å². The fourth-order valence-corrected chi connectivity index (χ4v) is 2.23.